The molecule has 3 fully saturated rings. The Morgan fingerprint density at radius 1 is 1.19 bits per heavy atom. The lowest BCUT2D eigenvalue weighted by molar-refractivity contribution is -0.137. The lowest BCUT2D eigenvalue weighted by Crippen LogP contribution is -2.51. The van der Waals surface area contributed by atoms with Gasteiger partial charge >= 0.3 is 0 Å². The lowest BCUT2D eigenvalue weighted by atomic mass is 10.0. The maximum absolute atomic E-state index is 12.3. The number of hydrogen-bond donors (Lipinski definition) is 0. The number of fused-ring (bicyclic) bond motifs is 1. The number of piperazine rings is 1. The number of likely N-dealkylation sites (N-methyl/N-ethyl adjacent to an activating group) is 1. The summed E-state index contributed by atoms with van der Waals surface area (Å²) in [5, 5.41) is 0. The first-order valence-corrected chi connectivity index (χ1v) is 9.11. The average Bonchev–Trinajstić information content (AvgIpc) is 2.87. The molecule has 0 aromatic carbocycles. The predicted octanol–water partition coefficient (Wildman–Crippen LogP) is -1.74. The Morgan fingerprint density at radius 2 is 1.81 bits per heavy atom. The second-order valence-corrected chi connectivity index (χ2v) is 8.58. The Balaban J connectivity index is 1.53. The van der Waals surface area contributed by atoms with Gasteiger partial charge < -0.3 is 9.80 Å². The van der Waals surface area contributed by atoms with E-state index in [4.69, 9.17) is 0 Å². The van der Waals surface area contributed by atoms with Gasteiger partial charge in [0.05, 0.1) is 24.6 Å². The van der Waals surface area contributed by atoms with Crippen molar-refractivity contribution >= 4 is 21.7 Å². The number of carbonyl (C=O) groups excluding carboxylic acids is 2. The first kappa shape index (κ1) is 14.8. The van der Waals surface area contributed by atoms with Crippen LogP contribution in [0.25, 0.3) is 0 Å². The molecule has 0 saturated carbocycles. The molecular weight excluding hydrogens is 294 g/mol. The van der Waals surface area contributed by atoms with Crippen LogP contribution in [0.3, 0.4) is 0 Å². The van der Waals surface area contributed by atoms with Gasteiger partial charge in [0.15, 0.2) is 9.84 Å². The van der Waals surface area contributed by atoms with E-state index in [9.17, 15) is 18.0 Å². The highest BCUT2D eigenvalue weighted by molar-refractivity contribution is 7.91. The molecule has 0 aliphatic carbocycles. The minimum Gasteiger partial charge on any atom is -0.343 e. The molecule has 7 nitrogen and oxygen atoms in total. The number of nitrogens with zero attached hydrogens (tertiary/aromatic N) is 3. The maximum atomic E-state index is 12.3. The maximum Gasteiger partial charge on any atom is 0.236 e. The number of likely N-dealkylation sites (tertiary alicyclic amines) is 1. The predicted molar refractivity (Wildman–Crippen MR) is 76.3 cm³/mol. The van der Waals surface area contributed by atoms with E-state index in [-0.39, 0.29) is 48.2 Å². The van der Waals surface area contributed by atoms with E-state index in [0.717, 1.165) is 0 Å². The fourth-order valence-electron chi connectivity index (χ4n) is 3.47. The quantitative estimate of drug-likeness (QED) is 0.605. The molecule has 3 rings (SSSR count). The van der Waals surface area contributed by atoms with Crippen LogP contribution in [-0.2, 0) is 19.4 Å². The van der Waals surface area contributed by atoms with E-state index >= 15 is 0 Å². The van der Waals surface area contributed by atoms with Crippen LogP contribution in [0.1, 0.15) is 0 Å². The number of hydrogen-bond acceptors (Lipinski definition) is 5. The normalized spacial score (nSPS) is 32.5. The van der Waals surface area contributed by atoms with Crippen molar-refractivity contribution in [2.75, 3.05) is 57.8 Å². The molecule has 3 heterocycles. The van der Waals surface area contributed by atoms with Crippen LogP contribution in [0, 0.1) is 11.8 Å². The Hall–Kier alpha value is -1.15. The van der Waals surface area contributed by atoms with Crippen molar-refractivity contribution in [3.8, 4) is 0 Å². The number of amides is 2. The van der Waals surface area contributed by atoms with E-state index in [0.29, 0.717) is 26.2 Å². The third-order valence-corrected chi connectivity index (χ3v) is 6.63. The Kier molecular flexibility index (Phi) is 3.69. The zero-order chi connectivity index (χ0) is 15.2. The number of rotatable bonds is 2. The van der Waals surface area contributed by atoms with Crippen LogP contribution in [0.4, 0.5) is 0 Å². The molecule has 3 aliphatic rings. The van der Waals surface area contributed by atoms with E-state index in [1.54, 1.807) is 16.8 Å². The summed E-state index contributed by atoms with van der Waals surface area (Å²) in [4.78, 5) is 29.2. The fourth-order valence-corrected chi connectivity index (χ4v) is 5.67. The van der Waals surface area contributed by atoms with Crippen molar-refractivity contribution in [1.29, 1.82) is 0 Å². The molecule has 0 bridgehead atoms. The molecule has 0 N–H and O–H groups in total. The fraction of sp³-hybridized carbons (Fsp3) is 0.846. The van der Waals surface area contributed by atoms with Crippen LogP contribution in [0.2, 0.25) is 0 Å². The van der Waals surface area contributed by atoms with Gasteiger partial charge in [0.1, 0.15) is 0 Å². The highest BCUT2D eigenvalue weighted by Crippen LogP contribution is 2.32. The standard InChI is InChI=1S/C13H21N3O4S/c1-14-2-3-15(6-12(14)17)7-13(18)16-4-10-8-21(19,20)9-11(10)5-16/h10-11H,2-9H2,1H3/t10-,11+. The van der Waals surface area contributed by atoms with Crippen LogP contribution >= 0.6 is 0 Å². The summed E-state index contributed by atoms with van der Waals surface area (Å²) in [6, 6.07) is 0. The molecule has 0 spiro atoms. The Bertz CT molecular complexity index is 542. The Morgan fingerprint density at radius 3 is 2.38 bits per heavy atom. The monoisotopic (exact) mass is 315 g/mol. The van der Waals surface area contributed by atoms with Crippen molar-refractivity contribution in [3.05, 3.63) is 0 Å². The van der Waals surface area contributed by atoms with E-state index in [1.807, 2.05) is 4.90 Å². The van der Waals surface area contributed by atoms with Crippen LogP contribution in [0.5, 0.6) is 0 Å². The summed E-state index contributed by atoms with van der Waals surface area (Å²) in [6.45, 7) is 3.00. The molecule has 2 amide bonds. The number of sulfone groups is 1. The highest BCUT2D eigenvalue weighted by atomic mass is 32.2. The van der Waals surface area contributed by atoms with Gasteiger partial charge in [-0.15, -0.1) is 0 Å². The van der Waals surface area contributed by atoms with Gasteiger partial charge in [0, 0.05) is 33.2 Å². The molecule has 118 valence electrons. The summed E-state index contributed by atoms with van der Waals surface area (Å²) >= 11 is 0. The molecule has 3 aliphatic heterocycles. The molecule has 2 atom stereocenters. The molecule has 0 aromatic rings. The van der Waals surface area contributed by atoms with Gasteiger partial charge in [-0.05, 0) is 11.8 Å². The van der Waals surface area contributed by atoms with E-state index in [1.165, 1.54) is 0 Å². The van der Waals surface area contributed by atoms with Gasteiger partial charge in [-0.2, -0.15) is 0 Å². The van der Waals surface area contributed by atoms with Crippen molar-refractivity contribution in [2.24, 2.45) is 11.8 Å². The third kappa shape index (κ3) is 3.06. The molecule has 0 aromatic heterocycles. The van der Waals surface area contributed by atoms with Gasteiger partial charge in [0.25, 0.3) is 0 Å². The van der Waals surface area contributed by atoms with Crippen LogP contribution < -0.4 is 0 Å². The molecule has 21 heavy (non-hydrogen) atoms. The average molecular weight is 315 g/mol. The lowest BCUT2D eigenvalue weighted by Gasteiger charge is -2.32. The minimum absolute atomic E-state index is 0.0131. The van der Waals surface area contributed by atoms with Crippen LogP contribution in [0.15, 0.2) is 0 Å². The van der Waals surface area contributed by atoms with Gasteiger partial charge in [-0.25, -0.2) is 8.42 Å². The topological polar surface area (TPSA) is 78.0 Å². The first-order valence-electron chi connectivity index (χ1n) is 7.28. The van der Waals surface area contributed by atoms with Crippen molar-refractivity contribution < 1.29 is 18.0 Å². The zero-order valence-electron chi connectivity index (χ0n) is 12.2. The largest absolute Gasteiger partial charge is 0.343 e. The van der Waals surface area contributed by atoms with E-state index in [2.05, 4.69) is 0 Å². The second-order valence-electron chi connectivity index (χ2n) is 6.42. The third-order valence-electron chi connectivity index (χ3n) is 4.76. The minimum atomic E-state index is -2.89. The molecule has 8 heteroatoms. The van der Waals surface area contributed by atoms with Crippen molar-refractivity contribution in [2.45, 2.75) is 0 Å². The highest BCUT2D eigenvalue weighted by Gasteiger charge is 2.45. The Labute approximate surface area is 124 Å². The van der Waals surface area contributed by atoms with Crippen molar-refractivity contribution in [1.82, 2.24) is 14.7 Å². The second kappa shape index (κ2) is 5.24. The van der Waals surface area contributed by atoms with E-state index < -0.39 is 9.84 Å². The summed E-state index contributed by atoms with van der Waals surface area (Å²) < 4.78 is 23.1. The zero-order valence-corrected chi connectivity index (χ0v) is 13.0. The van der Waals surface area contributed by atoms with Crippen LogP contribution in [-0.4, -0.2) is 92.8 Å². The van der Waals surface area contributed by atoms with Gasteiger partial charge in [-0.1, -0.05) is 0 Å². The molecular formula is C13H21N3O4S. The van der Waals surface area contributed by atoms with Crippen molar-refractivity contribution in [3.63, 3.8) is 0 Å². The summed E-state index contributed by atoms with van der Waals surface area (Å²) in [6.07, 6.45) is 0. The summed E-state index contributed by atoms with van der Waals surface area (Å²) in [5.41, 5.74) is 0. The molecule has 0 unspecified atom stereocenters. The number of carbonyl (C=O) groups is 2. The molecule has 3 saturated heterocycles. The summed E-state index contributed by atoms with van der Waals surface area (Å²) in [5.74, 6) is 0.696. The SMILES string of the molecule is CN1CCN(CC(=O)N2C[C@@H]3CS(=O)(=O)C[C@@H]3C2)CC1=O. The molecule has 0 radical (unpaired) electrons. The van der Waals surface area contributed by atoms with Gasteiger partial charge in [0.2, 0.25) is 11.8 Å². The summed E-state index contributed by atoms with van der Waals surface area (Å²) in [7, 11) is -1.13. The van der Waals surface area contributed by atoms with Gasteiger partial charge in [-0.3, -0.25) is 14.5 Å². The smallest absolute Gasteiger partial charge is 0.236 e. The first-order chi connectivity index (χ1) is 9.84.